The van der Waals surface area contributed by atoms with Gasteiger partial charge in [-0.25, -0.2) is 0 Å². The maximum absolute atomic E-state index is 9.53. The van der Waals surface area contributed by atoms with Gasteiger partial charge in [0, 0.05) is 5.92 Å². The van der Waals surface area contributed by atoms with Crippen molar-refractivity contribution in [1.82, 2.24) is 0 Å². The van der Waals surface area contributed by atoms with E-state index < -0.39 is 6.10 Å². The van der Waals surface area contributed by atoms with Crippen molar-refractivity contribution in [3.8, 4) is 0 Å². The summed E-state index contributed by atoms with van der Waals surface area (Å²) >= 11 is 0. The minimum Gasteiger partial charge on any atom is -0.388 e. The van der Waals surface area contributed by atoms with E-state index >= 15 is 0 Å². The van der Waals surface area contributed by atoms with Gasteiger partial charge in [0.15, 0.2) is 0 Å². The SMILES string of the molecule is CC(C)(C)C1COC2C(O)COC21. The lowest BCUT2D eigenvalue weighted by molar-refractivity contribution is 0.00966. The summed E-state index contributed by atoms with van der Waals surface area (Å²) in [7, 11) is 0. The summed E-state index contributed by atoms with van der Waals surface area (Å²) in [6.45, 7) is 7.73. The van der Waals surface area contributed by atoms with Crippen LogP contribution in [0.5, 0.6) is 0 Å². The number of fused-ring (bicyclic) bond motifs is 1. The third-order valence-corrected chi connectivity index (χ3v) is 3.14. The van der Waals surface area contributed by atoms with Crippen LogP contribution in [0.15, 0.2) is 0 Å². The van der Waals surface area contributed by atoms with E-state index in [1.807, 2.05) is 0 Å². The molecule has 0 aliphatic carbocycles. The Balaban J connectivity index is 2.11. The number of aliphatic hydroxyl groups excluding tert-OH is 1. The molecule has 0 aromatic heterocycles. The average molecular weight is 186 g/mol. The van der Waals surface area contributed by atoms with Gasteiger partial charge in [0.2, 0.25) is 0 Å². The molecule has 2 aliphatic heterocycles. The zero-order valence-electron chi connectivity index (χ0n) is 8.49. The van der Waals surface area contributed by atoms with Gasteiger partial charge in [0.25, 0.3) is 0 Å². The Morgan fingerprint density at radius 3 is 2.31 bits per heavy atom. The fourth-order valence-electron chi connectivity index (χ4n) is 2.22. The standard InChI is InChI=1S/C10H18O3/c1-10(2,3)6-4-12-9-7(11)5-13-8(6)9/h6-9,11H,4-5H2,1-3H3. The molecule has 0 aromatic carbocycles. The summed E-state index contributed by atoms with van der Waals surface area (Å²) in [4.78, 5) is 0. The maximum Gasteiger partial charge on any atom is 0.112 e. The lowest BCUT2D eigenvalue weighted by Crippen LogP contribution is -2.34. The molecular formula is C10H18O3. The van der Waals surface area contributed by atoms with E-state index in [-0.39, 0.29) is 17.6 Å². The highest BCUT2D eigenvalue weighted by Crippen LogP contribution is 2.40. The molecule has 0 saturated carbocycles. The molecule has 0 radical (unpaired) electrons. The summed E-state index contributed by atoms with van der Waals surface area (Å²) in [6.07, 6.45) is -0.392. The van der Waals surface area contributed by atoms with Gasteiger partial charge in [-0.3, -0.25) is 0 Å². The van der Waals surface area contributed by atoms with Gasteiger partial charge < -0.3 is 14.6 Å². The van der Waals surface area contributed by atoms with Crippen LogP contribution in [0.1, 0.15) is 20.8 Å². The van der Waals surface area contributed by atoms with E-state index in [2.05, 4.69) is 20.8 Å². The second-order valence-corrected chi connectivity index (χ2v) is 5.14. The van der Waals surface area contributed by atoms with E-state index in [9.17, 15) is 5.11 Å². The molecule has 2 heterocycles. The first-order valence-corrected chi connectivity index (χ1v) is 4.91. The summed E-state index contributed by atoms with van der Waals surface area (Å²) in [5, 5.41) is 9.53. The topological polar surface area (TPSA) is 38.7 Å². The normalized spacial score (nSPS) is 45.2. The molecule has 4 unspecified atom stereocenters. The molecule has 2 rings (SSSR count). The van der Waals surface area contributed by atoms with Crippen molar-refractivity contribution < 1.29 is 14.6 Å². The van der Waals surface area contributed by atoms with Crippen molar-refractivity contribution in [2.45, 2.75) is 39.1 Å². The van der Waals surface area contributed by atoms with Crippen LogP contribution in [0.25, 0.3) is 0 Å². The highest BCUT2D eigenvalue weighted by Gasteiger charge is 2.50. The molecule has 3 heteroatoms. The second kappa shape index (κ2) is 2.94. The van der Waals surface area contributed by atoms with E-state index in [0.717, 1.165) is 6.61 Å². The third kappa shape index (κ3) is 1.49. The molecule has 76 valence electrons. The number of aliphatic hydroxyl groups is 1. The van der Waals surface area contributed by atoms with Crippen molar-refractivity contribution in [3.05, 3.63) is 0 Å². The van der Waals surface area contributed by atoms with Crippen molar-refractivity contribution in [3.63, 3.8) is 0 Å². The Morgan fingerprint density at radius 1 is 1.08 bits per heavy atom. The van der Waals surface area contributed by atoms with Crippen molar-refractivity contribution in [2.24, 2.45) is 11.3 Å². The van der Waals surface area contributed by atoms with Crippen molar-refractivity contribution >= 4 is 0 Å². The first kappa shape index (κ1) is 9.44. The first-order valence-electron chi connectivity index (χ1n) is 4.91. The molecule has 0 aromatic rings. The number of hydrogen-bond acceptors (Lipinski definition) is 3. The highest BCUT2D eigenvalue weighted by molar-refractivity contribution is 4.97. The van der Waals surface area contributed by atoms with Gasteiger partial charge in [-0.05, 0) is 5.41 Å². The zero-order chi connectivity index (χ0) is 9.64. The number of rotatable bonds is 0. The van der Waals surface area contributed by atoms with Gasteiger partial charge in [0.05, 0.1) is 19.3 Å². The minimum absolute atomic E-state index is 0.0794. The Kier molecular flexibility index (Phi) is 2.13. The monoisotopic (exact) mass is 186 g/mol. The quantitative estimate of drug-likeness (QED) is 0.608. The predicted octanol–water partition coefficient (Wildman–Crippen LogP) is 0.807. The molecule has 13 heavy (non-hydrogen) atoms. The highest BCUT2D eigenvalue weighted by atomic mass is 16.6. The summed E-state index contributed by atoms with van der Waals surface area (Å²) in [6, 6.07) is 0. The molecule has 4 atom stereocenters. The Morgan fingerprint density at radius 2 is 1.69 bits per heavy atom. The fraction of sp³-hybridized carbons (Fsp3) is 1.00. The van der Waals surface area contributed by atoms with Crippen molar-refractivity contribution in [1.29, 1.82) is 0 Å². The third-order valence-electron chi connectivity index (χ3n) is 3.14. The van der Waals surface area contributed by atoms with Gasteiger partial charge in [0.1, 0.15) is 12.2 Å². The van der Waals surface area contributed by atoms with Gasteiger partial charge in [-0.15, -0.1) is 0 Å². The first-order chi connectivity index (χ1) is 6.00. The molecule has 0 spiro atoms. The molecule has 2 saturated heterocycles. The fourth-order valence-corrected chi connectivity index (χ4v) is 2.22. The summed E-state index contributed by atoms with van der Waals surface area (Å²) in [5.41, 5.74) is 0.198. The van der Waals surface area contributed by atoms with Crippen LogP contribution in [-0.2, 0) is 9.47 Å². The predicted molar refractivity (Wildman–Crippen MR) is 48.4 cm³/mol. The van der Waals surface area contributed by atoms with Crippen molar-refractivity contribution in [2.75, 3.05) is 13.2 Å². The summed E-state index contributed by atoms with van der Waals surface area (Å²) in [5.74, 6) is 0.412. The van der Waals surface area contributed by atoms with Crippen LogP contribution in [0.4, 0.5) is 0 Å². The lowest BCUT2D eigenvalue weighted by atomic mass is 9.78. The van der Waals surface area contributed by atoms with Gasteiger partial charge in [-0.2, -0.15) is 0 Å². The molecular weight excluding hydrogens is 168 g/mol. The van der Waals surface area contributed by atoms with Crippen LogP contribution < -0.4 is 0 Å². The van der Waals surface area contributed by atoms with Crippen LogP contribution in [0.3, 0.4) is 0 Å². The Hall–Kier alpha value is -0.120. The molecule has 1 N–H and O–H groups in total. The van der Waals surface area contributed by atoms with Gasteiger partial charge in [-0.1, -0.05) is 20.8 Å². The van der Waals surface area contributed by atoms with Crippen LogP contribution in [0, 0.1) is 11.3 Å². The van der Waals surface area contributed by atoms with Crippen LogP contribution >= 0.6 is 0 Å². The molecule has 3 nitrogen and oxygen atoms in total. The zero-order valence-corrected chi connectivity index (χ0v) is 8.49. The Bertz CT molecular complexity index is 197. The number of hydrogen-bond donors (Lipinski definition) is 1. The second-order valence-electron chi connectivity index (χ2n) is 5.14. The van der Waals surface area contributed by atoms with Gasteiger partial charge >= 0.3 is 0 Å². The van der Waals surface area contributed by atoms with E-state index in [1.165, 1.54) is 0 Å². The van der Waals surface area contributed by atoms with E-state index in [0.29, 0.717) is 12.5 Å². The molecule has 2 fully saturated rings. The van der Waals surface area contributed by atoms with Crippen LogP contribution in [-0.4, -0.2) is 36.6 Å². The smallest absolute Gasteiger partial charge is 0.112 e. The molecule has 0 amide bonds. The summed E-state index contributed by atoms with van der Waals surface area (Å²) < 4.78 is 11.1. The van der Waals surface area contributed by atoms with E-state index in [4.69, 9.17) is 9.47 Å². The largest absolute Gasteiger partial charge is 0.388 e. The Labute approximate surface area is 79.0 Å². The number of ether oxygens (including phenoxy) is 2. The maximum atomic E-state index is 9.53. The molecule has 2 aliphatic rings. The van der Waals surface area contributed by atoms with Crippen LogP contribution in [0.2, 0.25) is 0 Å². The average Bonchev–Trinajstić information content (AvgIpc) is 2.51. The molecule has 0 bridgehead atoms. The van der Waals surface area contributed by atoms with E-state index in [1.54, 1.807) is 0 Å². The lowest BCUT2D eigenvalue weighted by Gasteiger charge is -2.29. The minimum atomic E-state index is -0.419.